The van der Waals surface area contributed by atoms with E-state index in [1.54, 1.807) is 0 Å². The van der Waals surface area contributed by atoms with Crippen LogP contribution in [-0.4, -0.2) is 16.1 Å². The first-order valence-electron chi connectivity index (χ1n) is 5.96. The Morgan fingerprint density at radius 3 is 2.88 bits per heavy atom. The van der Waals surface area contributed by atoms with Gasteiger partial charge in [0.15, 0.2) is 0 Å². The number of hydrogen-bond donors (Lipinski definition) is 1. The molecule has 2 aromatic rings. The third kappa shape index (κ3) is 2.94. The molecule has 3 nitrogen and oxygen atoms in total. The van der Waals surface area contributed by atoms with Gasteiger partial charge in [0.1, 0.15) is 0 Å². The van der Waals surface area contributed by atoms with Crippen LogP contribution in [0.1, 0.15) is 22.4 Å². The first kappa shape index (κ1) is 11.9. The van der Waals surface area contributed by atoms with Gasteiger partial charge in [-0.05, 0) is 31.5 Å². The van der Waals surface area contributed by atoms with Crippen LogP contribution in [0.3, 0.4) is 0 Å². The highest BCUT2D eigenvalue weighted by Crippen LogP contribution is 2.12. The van der Waals surface area contributed by atoms with Crippen LogP contribution in [0.25, 0.3) is 0 Å². The van der Waals surface area contributed by atoms with Gasteiger partial charge in [-0.15, -0.1) is 0 Å². The SMILES string of the molecule is Cc1ccc(C)c(Cn2cnc(CCN)c2)c1. The molecule has 0 aliphatic carbocycles. The van der Waals surface area contributed by atoms with Gasteiger partial charge < -0.3 is 10.3 Å². The Morgan fingerprint density at radius 2 is 2.12 bits per heavy atom. The summed E-state index contributed by atoms with van der Waals surface area (Å²) < 4.78 is 2.12. The lowest BCUT2D eigenvalue weighted by atomic mass is 10.1. The quantitative estimate of drug-likeness (QED) is 0.872. The van der Waals surface area contributed by atoms with Gasteiger partial charge in [-0.2, -0.15) is 0 Å². The van der Waals surface area contributed by atoms with Gasteiger partial charge >= 0.3 is 0 Å². The van der Waals surface area contributed by atoms with Crippen LogP contribution < -0.4 is 5.73 Å². The van der Waals surface area contributed by atoms with Crippen LogP contribution >= 0.6 is 0 Å². The van der Waals surface area contributed by atoms with Gasteiger partial charge in [0, 0.05) is 19.2 Å². The second-order valence-electron chi connectivity index (χ2n) is 4.51. The highest BCUT2D eigenvalue weighted by molar-refractivity contribution is 5.30. The number of aryl methyl sites for hydroxylation is 2. The van der Waals surface area contributed by atoms with Crippen LogP contribution in [0, 0.1) is 13.8 Å². The molecular weight excluding hydrogens is 210 g/mol. The summed E-state index contributed by atoms with van der Waals surface area (Å²) in [6.45, 7) is 5.80. The number of imidazole rings is 1. The lowest BCUT2D eigenvalue weighted by Gasteiger charge is -2.07. The average molecular weight is 229 g/mol. The van der Waals surface area contributed by atoms with Crippen molar-refractivity contribution in [2.75, 3.05) is 6.54 Å². The predicted octanol–water partition coefficient (Wildman–Crippen LogP) is 2.05. The molecule has 17 heavy (non-hydrogen) atoms. The Kier molecular flexibility index (Phi) is 3.59. The topological polar surface area (TPSA) is 43.8 Å². The fraction of sp³-hybridized carbons (Fsp3) is 0.357. The minimum Gasteiger partial charge on any atom is -0.333 e. The van der Waals surface area contributed by atoms with Crippen LogP contribution in [0.2, 0.25) is 0 Å². The van der Waals surface area contributed by atoms with E-state index in [0.717, 1.165) is 18.7 Å². The Morgan fingerprint density at radius 1 is 1.29 bits per heavy atom. The summed E-state index contributed by atoms with van der Waals surface area (Å²) in [5, 5.41) is 0. The van der Waals surface area contributed by atoms with Crippen molar-refractivity contribution in [3.8, 4) is 0 Å². The zero-order chi connectivity index (χ0) is 12.3. The van der Waals surface area contributed by atoms with Crippen LogP contribution in [0.15, 0.2) is 30.7 Å². The fourth-order valence-corrected chi connectivity index (χ4v) is 1.94. The molecule has 1 aromatic carbocycles. The molecule has 0 unspecified atom stereocenters. The van der Waals surface area contributed by atoms with Gasteiger partial charge in [-0.25, -0.2) is 4.98 Å². The van der Waals surface area contributed by atoms with Crippen molar-refractivity contribution in [2.45, 2.75) is 26.8 Å². The van der Waals surface area contributed by atoms with Crippen molar-refractivity contribution in [3.05, 3.63) is 53.1 Å². The third-order valence-corrected chi connectivity index (χ3v) is 2.94. The first-order chi connectivity index (χ1) is 8.19. The van der Waals surface area contributed by atoms with E-state index in [4.69, 9.17) is 5.73 Å². The molecule has 90 valence electrons. The number of hydrogen-bond acceptors (Lipinski definition) is 2. The molecule has 0 saturated heterocycles. The standard InChI is InChI=1S/C14H19N3/c1-11-3-4-12(2)13(7-11)8-17-9-14(5-6-15)16-10-17/h3-4,7,9-10H,5-6,8,15H2,1-2H3. The maximum Gasteiger partial charge on any atom is 0.0952 e. The predicted molar refractivity (Wildman–Crippen MR) is 70.0 cm³/mol. The maximum atomic E-state index is 5.52. The molecular formula is C14H19N3. The highest BCUT2D eigenvalue weighted by Gasteiger charge is 2.02. The molecule has 3 heteroatoms. The van der Waals surface area contributed by atoms with Crippen molar-refractivity contribution in [2.24, 2.45) is 5.73 Å². The van der Waals surface area contributed by atoms with Gasteiger partial charge in [-0.1, -0.05) is 23.8 Å². The normalized spacial score (nSPS) is 10.8. The van der Waals surface area contributed by atoms with Gasteiger partial charge in [0.2, 0.25) is 0 Å². The summed E-state index contributed by atoms with van der Waals surface area (Å²) in [5.74, 6) is 0. The summed E-state index contributed by atoms with van der Waals surface area (Å²) >= 11 is 0. The number of rotatable bonds is 4. The molecule has 1 heterocycles. The fourth-order valence-electron chi connectivity index (χ4n) is 1.94. The summed E-state index contributed by atoms with van der Waals surface area (Å²) in [4.78, 5) is 4.34. The van der Waals surface area contributed by atoms with E-state index < -0.39 is 0 Å². The van der Waals surface area contributed by atoms with Crippen molar-refractivity contribution in [1.82, 2.24) is 9.55 Å². The van der Waals surface area contributed by atoms with Crippen LogP contribution in [0.4, 0.5) is 0 Å². The number of benzene rings is 1. The molecule has 0 aliphatic rings. The molecule has 0 amide bonds. The molecule has 0 radical (unpaired) electrons. The largest absolute Gasteiger partial charge is 0.333 e. The Bertz CT molecular complexity index is 500. The van der Waals surface area contributed by atoms with Gasteiger partial charge in [0.05, 0.1) is 12.0 Å². The molecule has 2 rings (SSSR count). The third-order valence-electron chi connectivity index (χ3n) is 2.94. The molecule has 0 bridgehead atoms. The van der Waals surface area contributed by atoms with E-state index >= 15 is 0 Å². The van der Waals surface area contributed by atoms with E-state index in [9.17, 15) is 0 Å². The number of nitrogens with two attached hydrogens (primary N) is 1. The van der Waals surface area contributed by atoms with Crippen molar-refractivity contribution >= 4 is 0 Å². The van der Waals surface area contributed by atoms with E-state index in [0.29, 0.717) is 6.54 Å². The number of nitrogens with zero attached hydrogens (tertiary/aromatic N) is 2. The zero-order valence-electron chi connectivity index (χ0n) is 10.5. The van der Waals surface area contributed by atoms with Gasteiger partial charge in [-0.3, -0.25) is 0 Å². The molecule has 0 saturated carbocycles. The Labute approximate surface area is 102 Å². The molecule has 1 aromatic heterocycles. The Hall–Kier alpha value is -1.61. The van der Waals surface area contributed by atoms with Crippen molar-refractivity contribution in [1.29, 1.82) is 0 Å². The van der Waals surface area contributed by atoms with Crippen molar-refractivity contribution in [3.63, 3.8) is 0 Å². The van der Waals surface area contributed by atoms with Crippen LogP contribution in [-0.2, 0) is 13.0 Å². The van der Waals surface area contributed by atoms with E-state index in [2.05, 4.69) is 47.8 Å². The minimum atomic E-state index is 0.653. The molecule has 2 N–H and O–H groups in total. The molecule has 0 fully saturated rings. The number of aromatic nitrogens is 2. The second kappa shape index (κ2) is 5.15. The van der Waals surface area contributed by atoms with Crippen LogP contribution in [0.5, 0.6) is 0 Å². The monoisotopic (exact) mass is 229 g/mol. The highest BCUT2D eigenvalue weighted by atomic mass is 15.0. The lowest BCUT2D eigenvalue weighted by molar-refractivity contribution is 0.789. The van der Waals surface area contributed by atoms with Crippen molar-refractivity contribution < 1.29 is 0 Å². The second-order valence-corrected chi connectivity index (χ2v) is 4.51. The van der Waals surface area contributed by atoms with Gasteiger partial charge in [0.25, 0.3) is 0 Å². The molecule has 0 spiro atoms. The van der Waals surface area contributed by atoms with E-state index in [-0.39, 0.29) is 0 Å². The van der Waals surface area contributed by atoms with E-state index in [1.807, 2.05) is 6.33 Å². The molecule has 0 aliphatic heterocycles. The van der Waals surface area contributed by atoms with E-state index in [1.165, 1.54) is 16.7 Å². The lowest BCUT2D eigenvalue weighted by Crippen LogP contribution is -2.03. The summed E-state index contributed by atoms with van der Waals surface area (Å²) in [7, 11) is 0. The summed E-state index contributed by atoms with van der Waals surface area (Å²) in [6.07, 6.45) is 4.81. The Balaban J connectivity index is 2.16. The minimum absolute atomic E-state index is 0.653. The zero-order valence-corrected chi connectivity index (χ0v) is 10.5. The molecule has 0 atom stereocenters. The smallest absolute Gasteiger partial charge is 0.0952 e. The first-order valence-corrected chi connectivity index (χ1v) is 5.96. The summed E-state index contributed by atoms with van der Waals surface area (Å²) in [5.41, 5.74) is 10.6. The maximum absolute atomic E-state index is 5.52. The average Bonchev–Trinajstić information content (AvgIpc) is 2.72. The summed E-state index contributed by atoms with van der Waals surface area (Å²) in [6, 6.07) is 6.55.